The maximum atomic E-state index is 12.6. The molecule has 1 saturated heterocycles. The molecule has 1 aromatic carbocycles. The van der Waals surface area contributed by atoms with Gasteiger partial charge in [0.25, 0.3) is 5.91 Å². The lowest BCUT2D eigenvalue weighted by molar-refractivity contribution is 0.0520. The Kier molecular flexibility index (Phi) is 4.70. The number of nitriles is 1. The lowest BCUT2D eigenvalue weighted by atomic mass is 10.0. The van der Waals surface area contributed by atoms with Gasteiger partial charge in [-0.25, -0.2) is 0 Å². The van der Waals surface area contributed by atoms with Crippen molar-refractivity contribution >= 4 is 21.8 Å². The highest BCUT2D eigenvalue weighted by atomic mass is 79.9. The van der Waals surface area contributed by atoms with Crippen molar-refractivity contribution in [3.8, 4) is 6.07 Å². The second-order valence-electron chi connectivity index (χ2n) is 5.93. The van der Waals surface area contributed by atoms with E-state index in [0.29, 0.717) is 18.7 Å². The smallest absolute Gasteiger partial charge is 0.255 e. The third-order valence-electron chi connectivity index (χ3n) is 3.98. The van der Waals surface area contributed by atoms with Crippen LogP contribution in [0.2, 0.25) is 0 Å². The molecule has 0 radical (unpaired) electrons. The molecule has 1 aliphatic rings. The van der Waals surface area contributed by atoms with E-state index in [1.807, 2.05) is 43.9 Å². The number of carbonyl (C=O) groups is 1. The molecule has 0 atom stereocenters. The summed E-state index contributed by atoms with van der Waals surface area (Å²) >= 11 is 3.45. The first kappa shape index (κ1) is 16.0. The van der Waals surface area contributed by atoms with E-state index in [9.17, 15) is 10.1 Å². The lowest BCUT2D eigenvalue weighted by Gasteiger charge is -2.40. The van der Waals surface area contributed by atoms with Crippen LogP contribution in [0.25, 0.3) is 0 Å². The van der Waals surface area contributed by atoms with E-state index in [-0.39, 0.29) is 5.91 Å². The van der Waals surface area contributed by atoms with E-state index in [4.69, 9.17) is 0 Å². The molecule has 0 aromatic heterocycles. The Hall–Kier alpha value is -1.38. The molecule has 0 spiro atoms. The minimum Gasteiger partial charge on any atom is -0.336 e. The van der Waals surface area contributed by atoms with Gasteiger partial charge in [0.1, 0.15) is 5.54 Å². The van der Waals surface area contributed by atoms with Gasteiger partial charge in [-0.1, -0.05) is 11.6 Å². The van der Waals surface area contributed by atoms with E-state index in [1.54, 1.807) is 0 Å². The van der Waals surface area contributed by atoms with Crippen LogP contribution in [0.1, 0.15) is 29.8 Å². The quantitative estimate of drug-likeness (QED) is 0.824. The molecular weight excluding hydrogens is 330 g/mol. The highest BCUT2D eigenvalue weighted by Crippen LogP contribution is 2.22. The van der Waals surface area contributed by atoms with Crippen molar-refractivity contribution in [1.29, 1.82) is 5.26 Å². The number of hydrogen-bond acceptors (Lipinski definition) is 3. The second kappa shape index (κ2) is 6.17. The van der Waals surface area contributed by atoms with Gasteiger partial charge in [0, 0.05) is 30.7 Å². The van der Waals surface area contributed by atoms with Gasteiger partial charge in [-0.15, -0.1) is 0 Å². The van der Waals surface area contributed by atoms with Crippen molar-refractivity contribution in [2.45, 2.75) is 26.3 Å². The van der Waals surface area contributed by atoms with Gasteiger partial charge in [-0.05, 0) is 48.8 Å². The van der Waals surface area contributed by atoms with Gasteiger partial charge < -0.3 is 4.90 Å². The molecule has 4 nitrogen and oxygen atoms in total. The number of nitrogens with zero attached hydrogens (tertiary/aromatic N) is 3. The number of halogens is 1. The number of rotatable bonds is 2. The largest absolute Gasteiger partial charge is 0.336 e. The van der Waals surface area contributed by atoms with Crippen molar-refractivity contribution in [3.05, 3.63) is 33.8 Å². The Labute approximate surface area is 134 Å². The highest BCUT2D eigenvalue weighted by Gasteiger charge is 2.31. The Balaban J connectivity index is 2.07. The number of aryl methyl sites for hydroxylation is 1. The number of benzene rings is 1. The Bertz CT molecular complexity index is 584. The molecule has 0 saturated carbocycles. The van der Waals surface area contributed by atoms with E-state index >= 15 is 0 Å². The molecular formula is C16H20BrN3O. The van der Waals surface area contributed by atoms with Crippen molar-refractivity contribution in [1.82, 2.24) is 9.80 Å². The summed E-state index contributed by atoms with van der Waals surface area (Å²) in [6, 6.07) is 8.13. The predicted molar refractivity (Wildman–Crippen MR) is 86.0 cm³/mol. The zero-order chi connectivity index (χ0) is 15.6. The maximum Gasteiger partial charge on any atom is 0.255 e. The number of carbonyl (C=O) groups excluding carboxylic acids is 1. The molecule has 0 aliphatic carbocycles. The van der Waals surface area contributed by atoms with Gasteiger partial charge in [-0.2, -0.15) is 5.26 Å². The molecule has 1 heterocycles. The number of piperazine rings is 1. The molecule has 1 amide bonds. The van der Waals surface area contributed by atoms with Crippen LogP contribution in [0.15, 0.2) is 22.7 Å². The number of amides is 1. The molecule has 2 rings (SSSR count). The average Bonchev–Trinajstić information content (AvgIpc) is 2.49. The van der Waals surface area contributed by atoms with Gasteiger partial charge >= 0.3 is 0 Å². The van der Waals surface area contributed by atoms with Crippen LogP contribution in [-0.2, 0) is 0 Å². The molecule has 1 aliphatic heterocycles. The second-order valence-corrected chi connectivity index (χ2v) is 6.79. The summed E-state index contributed by atoms with van der Waals surface area (Å²) in [4.78, 5) is 16.6. The van der Waals surface area contributed by atoms with Crippen molar-refractivity contribution < 1.29 is 4.79 Å². The Morgan fingerprint density at radius 1 is 1.29 bits per heavy atom. The predicted octanol–water partition coefficient (Wildman–Crippen LogP) is 2.82. The van der Waals surface area contributed by atoms with Gasteiger partial charge in [0.15, 0.2) is 0 Å². The zero-order valence-electron chi connectivity index (χ0n) is 12.7. The first-order chi connectivity index (χ1) is 9.85. The Morgan fingerprint density at radius 2 is 1.90 bits per heavy atom. The van der Waals surface area contributed by atoms with E-state index in [0.717, 1.165) is 23.1 Å². The van der Waals surface area contributed by atoms with Crippen molar-refractivity contribution in [2.24, 2.45) is 0 Å². The van der Waals surface area contributed by atoms with Gasteiger partial charge in [0.2, 0.25) is 0 Å². The monoisotopic (exact) mass is 349 g/mol. The fourth-order valence-electron chi connectivity index (χ4n) is 2.51. The maximum absolute atomic E-state index is 12.6. The molecule has 0 bridgehead atoms. The third kappa shape index (κ3) is 3.45. The first-order valence-electron chi connectivity index (χ1n) is 7.07. The van der Waals surface area contributed by atoms with E-state index in [2.05, 4.69) is 26.9 Å². The summed E-state index contributed by atoms with van der Waals surface area (Å²) in [5.41, 5.74) is 1.31. The van der Waals surface area contributed by atoms with Gasteiger partial charge in [0.05, 0.1) is 11.6 Å². The van der Waals surface area contributed by atoms with Crippen molar-refractivity contribution in [2.75, 3.05) is 26.2 Å². The summed E-state index contributed by atoms with van der Waals surface area (Å²) < 4.78 is 0.831. The van der Waals surface area contributed by atoms with Gasteiger partial charge in [-0.3, -0.25) is 9.69 Å². The fourth-order valence-corrected chi connectivity index (χ4v) is 2.93. The standard InChI is InChI=1S/C16H20BrN3O/c1-12-4-5-14(17)13(10-12)15(21)19-6-8-20(9-7-19)16(2,3)11-18/h4-5,10H,6-9H2,1-3H3. The van der Waals surface area contributed by atoms with Crippen LogP contribution in [0.3, 0.4) is 0 Å². The number of hydrogen-bond donors (Lipinski definition) is 0. The van der Waals surface area contributed by atoms with Crippen LogP contribution >= 0.6 is 15.9 Å². The highest BCUT2D eigenvalue weighted by molar-refractivity contribution is 9.10. The SMILES string of the molecule is Cc1ccc(Br)c(C(=O)N2CCN(C(C)(C)C#N)CC2)c1. The molecule has 5 heteroatoms. The zero-order valence-corrected chi connectivity index (χ0v) is 14.3. The van der Waals surface area contributed by atoms with E-state index in [1.165, 1.54) is 0 Å². The minimum absolute atomic E-state index is 0.0555. The molecule has 21 heavy (non-hydrogen) atoms. The van der Waals surface area contributed by atoms with Crippen LogP contribution in [0, 0.1) is 18.3 Å². The van der Waals surface area contributed by atoms with Crippen LogP contribution in [0.5, 0.6) is 0 Å². The third-order valence-corrected chi connectivity index (χ3v) is 4.67. The van der Waals surface area contributed by atoms with E-state index < -0.39 is 5.54 Å². The van der Waals surface area contributed by atoms with Crippen LogP contribution in [0.4, 0.5) is 0 Å². The molecule has 112 valence electrons. The Morgan fingerprint density at radius 3 is 2.48 bits per heavy atom. The van der Waals surface area contributed by atoms with Crippen molar-refractivity contribution in [3.63, 3.8) is 0 Å². The van der Waals surface area contributed by atoms with Crippen LogP contribution < -0.4 is 0 Å². The first-order valence-corrected chi connectivity index (χ1v) is 7.86. The summed E-state index contributed by atoms with van der Waals surface area (Å²) in [7, 11) is 0. The topological polar surface area (TPSA) is 47.3 Å². The average molecular weight is 350 g/mol. The molecule has 1 aromatic rings. The fraction of sp³-hybridized carbons (Fsp3) is 0.500. The summed E-state index contributed by atoms with van der Waals surface area (Å²) in [5.74, 6) is 0.0555. The summed E-state index contributed by atoms with van der Waals surface area (Å²) in [6.07, 6.45) is 0. The lowest BCUT2D eigenvalue weighted by Crippen LogP contribution is -2.55. The van der Waals surface area contributed by atoms with Crippen LogP contribution in [-0.4, -0.2) is 47.4 Å². The molecule has 1 fully saturated rings. The summed E-state index contributed by atoms with van der Waals surface area (Å²) in [6.45, 7) is 8.60. The normalized spacial score (nSPS) is 16.6. The molecule has 0 N–H and O–H groups in total. The minimum atomic E-state index is -0.473. The summed E-state index contributed by atoms with van der Waals surface area (Å²) in [5, 5.41) is 9.19. The molecule has 0 unspecified atom stereocenters.